The molecule has 0 aromatic heterocycles. The Morgan fingerprint density at radius 1 is 1.25 bits per heavy atom. The van der Waals surface area contributed by atoms with E-state index in [0.29, 0.717) is 6.04 Å². The second kappa shape index (κ2) is 8.30. The van der Waals surface area contributed by atoms with E-state index in [9.17, 15) is 0 Å². The number of ether oxygens (including phenoxy) is 3. The number of hydrogen-bond acceptors (Lipinski definition) is 5. The summed E-state index contributed by atoms with van der Waals surface area (Å²) in [5.74, 6) is 0.906. The molecule has 2 aliphatic heterocycles. The fraction of sp³-hybridized carbons (Fsp3) is 0.684. The van der Waals surface area contributed by atoms with Gasteiger partial charge in [0, 0.05) is 32.3 Å². The summed E-state index contributed by atoms with van der Waals surface area (Å²) >= 11 is 0. The lowest BCUT2D eigenvalue weighted by molar-refractivity contribution is -0.0787. The zero-order chi connectivity index (χ0) is 16.9. The van der Waals surface area contributed by atoms with Gasteiger partial charge < -0.3 is 19.1 Å². The SMILES string of the molecule is COc1ccc(CN2C[C@H](OCCN(C)C)[C@H]3OCCC[C@H]32)cc1. The van der Waals surface area contributed by atoms with Crippen molar-refractivity contribution in [2.24, 2.45) is 0 Å². The topological polar surface area (TPSA) is 34.2 Å². The van der Waals surface area contributed by atoms with Crippen molar-refractivity contribution in [1.82, 2.24) is 9.80 Å². The van der Waals surface area contributed by atoms with Crippen LogP contribution in [0.5, 0.6) is 5.75 Å². The summed E-state index contributed by atoms with van der Waals surface area (Å²) in [5, 5.41) is 0. The fourth-order valence-electron chi connectivity index (χ4n) is 3.68. The molecule has 3 atom stereocenters. The summed E-state index contributed by atoms with van der Waals surface area (Å²) in [6, 6.07) is 8.84. The van der Waals surface area contributed by atoms with Gasteiger partial charge in [-0.2, -0.15) is 0 Å². The molecular weight excluding hydrogens is 304 g/mol. The molecule has 1 aromatic rings. The van der Waals surface area contributed by atoms with E-state index >= 15 is 0 Å². The predicted octanol–water partition coefficient (Wildman–Crippen LogP) is 2.01. The minimum atomic E-state index is 0.188. The Morgan fingerprint density at radius 3 is 2.75 bits per heavy atom. The van der Waals surface area contributed by atoms with Crippen LogP contribution in [0.15, 0.2) is 24.3 Å². The highest BCUT2D eigenvalue weighted by Gasteiger charge is 2.44. The Morgan fingerprint density at radius 2 is 2.04 bits per heavy atom. The molecule has 0 saturated carbocycles. The number of fused-ring (bicyclic) bond motifs is 1. The summed E-state index contributed by atoms with van der Waals surface area (Å²) in [6.45, 7) is 4.48. The van der Waals surface area contributed by atoms with Crippen molar-refractivity contribution in [3.63, 3.8) is 0 Å². The monoisotopic (exact) mass is 334 g/mol. The third-order valence-corrected chi connectivity index (χ3v) is 5.00. The van der Waals surface area contributed by atoms with Gasteiger partial charge in [0.2, 0.25) is 0 Å². The summed E-state index contributed by atoms with van der Waals surface area (Å²) in [7, 11) is 5.86. The maximum absolute atomic E-state index is 6.16. The lowest BCUT2D eigenvalue weighted by Crippen LogP contribution is -2.42. The van der Waals surface area contributed by atoms with E-state index in [1.165, 1.54) is 12.0 Å². The molecule has 0 aliphatic carbocycles. The van der Waals surface area contributed by atoms with Gasteiger partial charge in [-0.15, -0.1) is 0 Å². The van der Waals surface area contributed by atoms with Crippen LogP contribution in [0, 0.1) is 0 Å². The van der Waals surface area contributed by atoms with Crippen LogP contribution in [0.1, 0.15) is 18.4 Å². The molecule has 24 heavy (non-hydrogen) atoms. The maximum Gasteiger partial charge on any atom is 0.118 e. The molecule has 2 saturated heterocycles. The molecule has 0 unspecified atom stereocenters. The van der Waals surface area contributed by atoms with Gasteiger partial charge >= 0.3 is 0 Å². The first-order valence-electron chi connectivity index (χ1n) is 8.92. The molecule has 0 spiro atoms. The van der Waals surface area contributed by atoms with Crippen LogP contribution in [-0.2, 0) is 16.0 Å². The number of rotatable bonds is 7. The standard InChI is InChI=1S/C19H30N2O3/c1-20(2)10-12-23-18-14-21(17-5-4-11-24-19(17)18)13-15-6-8-16(22-3)9-7-15/h6-9,17-19H,4-5,10-14H2,1-3H3/t17-,18+,19+/m1/s1. The predicted molar refractivity (Wildman–Crippen MR) is 94.5 cm³/mol. The van der Waals surface area contributed by atoms with Crippen LogP contribution in [0.25, 0.3) is 0 Å². The van der Waals surface area contributed by atoms with Crippen LogP contribution in [0.2, 0.25) is 0 Å². The van der Waals surface area contributed by atoms with Crippen molar-refractivity contribution in [2.75, 3.05) is 47.5 Å². The molecular formula is C19H30N2O3. The molecule has 5 heteroatoms. The molecule has 0 N–H and O–H groups in total. The fourth-order valence-corrected chi connectivity index (χ4v) is 3.68. The van der Waals surface area contributed by atoms with Gasteiger partial charge in [-0.1, -0.05) is 12.1 Å². The van der Waals surface area contributed by atoms with E-state index in [0.717, 1.165) is 45.0 Å². The summed E-state index contributed by atoms with van der Waals surface area (Å²) in [6.07, 6.45) is 2.76. The molecule has 0 bridgehead atoms. The number of methoxy groups -OCH3 is 1. The zero-order valence-corrected chi connectivity index (χ0v) is 15.1. The Kier molecular flexibility index (Phi) is 6.11. The highest BCUT2D eigenvalue weighted by atomic mass is 16.5. The normalized spacial score (nSPS) is 27.4. The van der Waals surface area contributed by atoms with Crippen molar-refractivity contribution in [1.29, 1.82) is 0 Å². The molecule has 0 amide bonds. The summed E-state index contributed by atoms with van der Waals surface area (Å²) in [5.41, 5.74) is 1.31. The van der Waals surface area contributed by atoms with Crippen LogP contribution >= 0.6 is 0 Å². The summed E-state index contributed by atoms with van der Waals surface area (Å²) in [4.78, 5) is 4.69. The van der Waals surface area contributed by atoms with Crippen LogP contribution < -0.4 is 4.74 Å². The lowest BCUT2D eigenvalue weighted by atomic mass is 10.0. The van der Waals surface area contributed by atoms with E-state index in [4.69, 9.17) is 14.2 Å². The second-order valence-corrected chi connectivity index (χ2v) is 7.04. The Labute approximate surface area is 145 Å². The first-order valence-corrected chi connectivity index (χ1v) is 8.92. The van der Waals surface area contributed by atoms with Crippen LogP contribution in [-0.4, -0.2) is 75.6 Å². The van der Waals surface area contributed by atoms with Crippen molar-refractivity contribution in [3.05, 3.63) is 29.8 Å². The molecule has 2 aliphatic rings. The number of likely N-dealkylation sites (tertiary alicyclic amines) is 1. The quantitative estimate of drug-likeness (QED) is 0.762. The molecule has 134 valence electrons. The number of hydrogen-bond donors (Lipinski definition) is 0. The third kappa shape index (κ3) is 4.28. The second-order valence-electron chi connectivity index (χ2n) is 7.04. The van der Waals surface area contributed by atoms with Gasteiger partial charge in [-0.05, 0) is 44.6 Å². The molecule has 2 fully saturated rings. The molecule has 2 heterocycles. The average molecular weight is 334 g/mol. The first-order chi connectivity index (χ1) is 11.7. The van der Waals surface area contributed by atoms with Gasteiger partial charge in [0.15, 0.2) is 0 Å². The van der Waals surface area contributed by atoms with Crippen molar-refractivity contribution in [2.45, 2.75) is 37.6 Å². The van der Waals surface area contributed by atoms with Gasteiger partial charge in [0.1, 0.15) is 11.9 Å². The van der Waals surface area contributed by atoms with Crippen LogP contribution in [0.4, 0.5) is 0 Å². The minimum absolute atomic E-state index is 0.188. The lowest BCUT2D eigenvalue weighted by Gasteiger charge is -2.32. The highest BCUT2D eigenvalue weighted by Crippen LogP contribution is 2.32. The highest BCUT2D eigenvalue weighted by molar-refractivity contribution is 5.27. The molecule has 1 aromatic carbocycles. The van der Waals surface area contributed by atoms with Gasteiger partial charge in [-0.25, -0.2) is 0 Å². The van der Waals surface area contributed by atoms with Crippen molar-refractivity contribution in [3.8, 4) is 5.75 Å². The van der Waals surface area contributed by atoms with E-state index in [-0.39, 0.29) is 12.2 Å². The molecule has 3 rings (SSSR count). The summed E-state index contributed by atoms with van der Waals surface area (Å²) < 4.78 is 17.5. The number of benzene rings is 1. The number of likely N-dealkylation sites (N-methyl/N-ethyl adjacent to an activating group) is 1. The van der Waals surface area contributed by atoms with E-state index in [2.05, 4.69) is 36.0 Å². The Bertz CT molecular complexity index is 506. The van der Waals surface area contributed by atoms with E-state index < -0.39 is 0 Å². The Hall–Kier alpha value is -1.14. The third-order valence-electron chi connectivity index (χ3n) is 5.00. The number of nitrogens with zero attached hydrogens (tertiary/aromatic N) is 2. The van der Waals surface area contributed by atoms with Gasteiger partial charge in [0.05, 0.1) is 19.8 Å². The smallest absolute Gasteiger partial charge is 0.118 e. The molecule has 5 nitrogen and oxygen atoms in total. The Balaban J connectivity index is 1.61. The maximum atomic E-state index is 6.16. The van der Waals surface area contributed by atoms with Crippen molar-refractivity contribution >= 4 is 0 Å². The zero-order valence-electron chi connectivity index (χ0n) is 15.1. The first kappa shape index (κ1) is 17.7. The van der Waals surface area contributed by atoms with Crippen LogP contribution in [0.3, 0.4) is 0 Å². The van der Waals surface area contributed by atoms with E-state index in [1.807, 2.05) is 12.1 Å². The average Bonchev–Trinajstić information content (AvgIpc) is 2.93. The van der Waals surface area contributed by atoms with Gasteiger partial charge in [0.25, 0.3) is 0 Å². The van der Waals surface area contributed by atoms with Gasteiger partial charge in [-0.3, -0.25) is 4.90 Å². The minimum Gasteiger partial charge on any atom is -0.497 e. The van der Waals surface area contributed by atoms with Crippen molar-refractivity contribution < 1.29 is 14.2 Å². The largest absolute Gasteiger partial charge is 0.497 e. The molecule has 0 radical (unpaired) electrons. The van der Waals surface area contributed by atoms with E-state index in [1.54, 1.807) is 7.11 Å².